The van der Waals surface area contributed by atoms with E-state index in [1.54, 1.807) is 22.8 Å². The van der Waals surface area contributed by atoms with Crippen molar-refractivity contribution >= 4 is 21.8 Å². The second kappa shape index (κ2) is 10.2. The molecule has 29 heavy (non-hydrogen) atoms. The van der Waals surface area contributed by atoms with Gasteiger partial charge >= 0.3 is 0 Å². The number of benzene rings is 1. The summed E-state index contributed by atoms with van der Waals surface area (Å²) in [7, 11) is -3.58. The molecule has 0 aliphatic carbocycles. The van der Waals surface area contributed by atoms with Gasteiger partial charge in [-0.25, -0.2) is 8.42 Å². The molecule has 162 valence electrons. The Bertz CT molecular complexity index is 833. The highest BCUT2D eigenvalue weighted by molar-refractivity contribution is 7.89. The Kier molecular flexibility index (Phi) is 8.18. The smallest absolute Gasteiger partial charge is 0.243 e. The lowest BCUT2D eigenvalue weighted by molar-refractivity contribution is -0.134. The van der Waals surface area contributed by atoms with E-state index in [-0.39, 0.29) is 38.0 Å². The van der Waals surface area contributed by atoms with E-state index >= 15 is 0 Å². The van der Waals surface area contributed by atoms with Crippen molar-refractivity contribution in [1.82, 2.24) is 19.4 Å². The lowest BCUT2D eigenvalue weighted by Gasteiger charge is -2.35. The molecule has 1 aliphatic rings. The summed E-state index contributed by atoms with van der Waals surface area (Å²) < 4.78 is 27.5. The van der Waals surface area contributed by atoms with E-state index in [9.17, 15) is 18.0 Å². The number of carbonyl (C=O) groups is 2. The monoisotopic (exact) mass is 424 g/mol. The normalized spacial score (nSPS) is 15.6. The average molecular weight is 425 g/mol. The largest absolute Gasteiger partial charge is 0.355 e. The Hall–Kier alpha value is -1.97. The summed E-state index contributed by atoms with van der Waals surface area (Å²) in [6, 6.07) is 5.41. The summed E-state index contributed by atoms with van der Waals surface area (Å²) in [6.45, 7) is 10.1. The van der Waals surface area contributed by atoms with Crippen LogP contribution >= 0.6 is 0 Å². The quantitative estimate of drug-likeness (QED) is 0.660. The van der Waals surface area contributed by atoms with Crippen LogP contribution in [0.1, 0.15) is 25.0 Å². The summed E-state index contributed by atoms with van der Waals surface area (Å²) in [5, 5.41) is 2.73. The molecule has 1 aliphatic heterocycles. The maximum Gasteiger partial charge on any atom is 0.243 e. The topological polar surface area (TPSA) is 90.0 Å². The van der Waals surface area contributed by atoms with Crippen LogP contribution in [0.15, 0.2) is 23.1 Å². The van der Waals surface area contributed by atoms with Crippen molar-refractivity contribution in [3.63, 3.8) is 0 Å². The van der Waals surface area contributed by atoms with Crippen LogP contribution in [0.25, 0.3) is 0 Å². The Morgan fingerprint density at radius 3 is 2.31 bits per heavy atom. The van der Waals surface area contributed by atoms with Crippen LogP contribution in [0.4, 0.5) is 0 Å². The predicted molar refractivity (Wildman–Crippen MR) is 112 cm³/mol. The number of sulfonamides is 1. The molecule has 2 amide bonds. The Morgan fingerprint density at radius 2 is 1.72 bits per heavy atom. The zero-order chi connectivity index (χ0) is 21.6. The van der Waals surface area contributed by atoms with Gasteiger partial charge in [0.05, 0.1) is 18.0 Å². The summed E-state index contributed by atoms with van der Waals surface area (Å²) in [6.07, 6.45) is 0. The number of hydrogen-bond acceptors (Lipinski definition) is 5. The first-order chi connectivity index (χ1) is 13.7. The fourth-order valence-corrected chi connectivity index (χ4v) is 5.06. The lowest BCUT2D eigenvalue weighted by Crippen LogP contribution is -2.53. The van der Waals surface area contributed by atoms with Gasteiger partial charge in [-0.3, -0.25) is 14.5 Å². The minimum atomic E-state index is -3.58. The van der Waals surface area contributed by atoms with Gasteiger partial charge < -0.3 is 10.2 Å². The summed E-state index contributed by atoms with van der Waals surface area (Å²) in [4.78, 5) is 28.2. The number of carbonyl (C=O) groups excluding carboxylic acids is 2. The van der Waals surface area contributed by atoms with Crippen molar-refractivity contribution in [2.45, 2.75) is 32.6 Å². The molecule has 1 aromatic rings. The molecule has 1 saturated heterocycles. The molecular weight excluding hydrogens is 392 g/mol. The van der Waals surface area contributed by atoms with Gasteiger partial charge in [-0.15, -0.1) is 0 Å². The molecular formula is C20H32N4O4S. The van der Waals surface area contributed by atoms with E-state index in [0.29, 0.717) is 31.1 Å². The molecule has 2 rings (SSSR count). The predicted octanol–water partition coefficient (Wildman–Crippen LogP) is 0.594. The zero-order valence-corrected chi connectivity index (χ0v) is 18.6. The fourth-order valence-electron chi connectivity index (χ4n) is 3.33. The number of amides is 2. The number of aryl methyl sites for hydroxylation is 2. The zero-order valence-electron chi connectivity index (χ0n) is 17.8. The molecule has 0 spiro atoms. The third kappa shape index (κ3) is 6.01. The first-order valence-electron chi connectivity index (χ1n) is 10.0. The fraction of sp³-hybridized carbons (Fsp3) is 0.600. The third-order valence-electron chi connectivity index (χ3n) is 5.10. The highest BCUT2D eigenvalue weighted by Gasteiger charge is 2.31. The van der Waals surface area contributed by atoms with Crippen LogP contribution in [0.2, 0.25) is 0 Å². The van der Waals surface area contributed by atoms with Crippen molar-refractivity contribution in [1.29, 1.82) is 0 Å². The van der Waals surface area contributed by atoms with Gasteiger partial charge in [-0.1, -0.05) is 19.1 Å². The molecule has 0 atom stereocenters. The number of piperazine rings is 1. The number of nitrogens with zero attached hydrogens (tertiary/aromatic N) is 3. The van der Waals surface area contributed by atoms with E-state index < -0.39 is 10.0 Å². The number of likely N-dealkylation sites (N-methyl/N-ethyl adjacent to an activating group) is 2. The SMILES string of the molecule is CCNC(=O)CN(CC)CC(=O)N1CCN(S(=O)(=O)c2cc(C)ccc2C)CC1. The highest BCUT2D eigenvalue weighted by Crippen LogP contribution is 2.22. The molecule has 8 nitrogen and oxygen atoms in total. The van der Waals surface area contributed by atoms with Gasteiger partial charge in [0, 0.05) is 32.7 Å². The summed E-state index contributed by atoms with van der Waals surface area (Å²) in [5.74, 6) is -0.188. The lowest BCUT2D eigenvalue weighted by atomic mass is 10.2. The summed E-state index contributed by atoms with van der Waals surface area (Å²) >= 11 is 0. The Balaban J connectivity index is 1.96. The Morgan fingerprint density at radius 1 is 1.07 bits per heavy atom. The first kappa shape index (κ1) is 23.3. The van der Waals surface area contributed by atoms with Crippen molar-refractivity contribution in [3.8, 4) is 0 Å². The Labute approximate surface area is 173 Å². The number of hydrogen-bond donors (Lipinski definition) is 1. The molecule has 0 saturated carbocycles. The molecule has 0 radical (unpaired) electrons. The van der Waals surface area contributed by atoms with E-state index in [1.807, 2.05) is 32.9 Å². The van der Waals surface area contributed by atoms with Gasteiger partial charge in [0.2, 0.25) is 21.8 Å². The van der Waals surface area contributed by atoms with Gasteiger partial charge in [0.15, 0.2) is 0 Å². The van der Waals surface area contributed by atoms with Crippen LogP contribution in [-0.2, 0) is 19.6 Å². The van der Waals surface area contributed by atoms with E-state index in [0.717, 1.165) is 11.1 Å². The maximum atomic E-state index is 13.0. The summed E-state index contributed by atoms with van der Waals surface area (Å²) in [5.41, 5.74) is 1.62. The standard InChI is InChI=1S/C20H32N4O4S/c1-5-21-19(25)14-22(6-2)15-20(26)23-9-11-24(12-10-23)29(27,28)18-13-16(3)7-8-17(18)4/h7-8,13H,5-6,9-12,14-15H2,1-4H3,(H,21,25). The van der Waals surface area contributed by atoms with Crippen molar-refractivity contribution < 1.29 is 18.0 Å². The van der Waals surface area contributed by atoms with Crippen LogP contribution < -0.4 is 5.32 Å². The van der Waals surface area contributed by atoms with Crippen LogP contribution in [0.5, 0.6) is 0 Å². The second-order valence-corrected chi connectivity index (χ2v) is 9.22. The van der Waals surface area contributed by atoms with Gasteiger partial charge in [0.25, 0.3) is 0 Å². The van der Waals surface area contributed by atoms with Crippen LogP contribution in [0, 0.1) is 13.8 Å². The van der Waals surface area contributed by atoms with Crippen molar-refractivity contribution in [2.24, 2.45) is 0 Å². The van der Waals surface area contributed by atoms with Crippen LogP contribution in [0.3, 0.4) is 0 Å². The molecule has 1 heterocycles. The molecule has 1 aromatic carbocycles. The molecule has 0 aromatic heterocycles. The molecule has 1 fully saturated rings. The number of nitrogens with one attached hydrogen (secondary N) is 1. The third-order valence-corrected chi connectivity index (χ3v) is 7.14. The second-order valence-electron chi connectivity index (χ2n) is 7.31. The van der Waals surface area contributed by atoms with Gasteiger partial charge in [-0.2, -0.15) is 4.31 Å². The van der Waals surface area contributed by atoms with Crippen molar-refractivity contribution in [2.75, 3.05) is 52.4 Å². The first-order valence-corrected chi connectivity index (χ1v) is 11.5. The van der Waals surface area contributed by atoms with E-state index in [4.69, 9.17) is 0 Å². The minimum Gasteiger partial charge on any atom is -0.355 e. The molecule has 0 bridgehead atoms. The van der Waals surface area contributed by atoms with Gasteiger partial charge in [0.1, 0.15) is 0 Å². The minimum absolute atomic E-state index is 0.0834. The molecule has 1 N–H and O–H groups in total. The molecule has 9 heteroatoms. The molecule has 0 unspecified atom stereocenters. The van der Waals surface area contributed by atoms with Gasteiger partial charge in [-0.05, 0) is 44.5 Å². The van der Waals surface area contributed by atoms with Crippen molar-refractivity contribution in [3.05, 3.63) is 29.3 Å². The average Bonchev–Trinajstić information content (AvgIpc) is 2.69. The maximum absolute atomic E-state index is 13.0. The number of rotatable bonds is 8. The van der Waals surface area contributed by atoms with E-state index in [1.165, 1.54) is 4.31 Å². The van der Waals surface area contributed by atoms with Crippen LogP contribution in [-0.4, -0.2) is 86.7 Å². The van der Waals surface area contributed by atoms with E-state index in [2.05, 4.69) is 5.32 Å². The highest BCUT2D eigenvalue weighted by atomic mass is 32.2.